The highest BCUT2D eigenvalue weighted by Crippen LogP contribution is 2.37. The Morgan fingerprint density at radius 2 is 1.96 bits per heavy atom. The Balaban J connectivity index is 1.57. The predicted molar refractivity (Wildman–Crippen MR) is 98.8 cm³/mol. The summed E-state index contributed by atoms with van der Waals surface area (Å²) in [6.07, 6.45) is 6.78. The van der Waals surface area contributed by atoms with Crippen molar-refractivity contribution < 1.29 is 0 Å². The number of nitrogens with zero attached hydrogens (tertiary/aromatic N) is 4. The van der Waals surface area contributed by atoms with E-state index >= 15 is 0 Å². The highest BCUT2D eigenvalue weighted by atomic mass is 32.2. The van der Waals surface area contributed by atoms with Gasteiger partial charge in [0.25, 0.3) is 0 Å². The van der Waals surface area contributed by atoms with Crippen LogP contribution in [-0.4, -0.2) is 19.6 Å². The molecule has 0 saturated carbocycles. The molecule has 5 rings (SSSR count). The van der Waals surface area contributed by atoms with Crippen LogP contribution in [0.5, 0.6) is 0 Å². The van der Waals surface area contributed by atoms with Crippen molar-refractivity contribution in [2.75, 3.05) is 0 Å². The molecule has 0 unspecified atom stereocenters. The van der Waals surface area contributed by atoms with Crippen LogP contribution in [0.25, 0.3) is 15.9 Å². The number of fused-ring (bicyclic) bond motifs is 5. The molecule has 6 heteroatoms. The number of aromatic nitrogens is 4. The molecule has 24 heavy (non-hydrogen) atoms. The van der Waals surface area contributed by atoms with E-state index in [1.807, 2.05) is 23.7 Å². The molecule has 1 aromatic carbocycles. The molecule has 1 aliphatic rings. The van der Waals surface area contributed by atoms with E-state index in [-0.39, 0.29) is 0 Å². The summed E-state index contributed by atoms with van der Waals surface area (Å²) in [5.41, 5.74) is 3.72. The second-order valence-corrected chi connectivity index (χ2v) is 8.11. The van der Waals surface area contributed by atoms with Crippen molar-refractivity contribution >= 4 is 39.0 Å². The van der Waals surface area contributed by atoms with Gasteiger partial charge in [0, 0.05) is 10.6 Å². The fourth-order valence-electron chi connectivity index (χ4n) is 3.36. The van der Waals surface area contributed by atoms with Gasteiger partial charge in [-0.3, -0.25) is 4.40 Å². The summed E-state index contributed by atoms with van der Waals surface area (Å²) < 4.78 is 2.05. The quantitative estimate of drug-likeness (QED) is 0.509. The second kappa shape index (κ2) is 5.86. The average molecular weight is 352 g/mol. The predicted octanol–water partition coefficient (Wildman–Crippen LogP) is 4.51. The van der Waals surface area contributed by atoms with Crippen LogP contribution in [-0.2, 0) is 18.6 Å². The van der Waals surface area contributed by atoms with E-state index in [0.29, 0.717) is 0 Å². The monoisotopic (exact) mass is 352 g/mol. The topological polar surface area (TPSA) is 43.1 Å². The zero-order chi connectivity index (χ0) is 15.9. The third-order valence-electron chi connectivity index (χ3n) is 4.54. The maximum absolute atomic E-state index is 4.69. The van der Waals surface area contributed by atoms with E-state index < -0.39 is 0 Å². The highest BCUT2D eigenvalue weighted by Gasteiger charge is 2.21. The van der Waals surface area contributed by atoms with E-state index in [1.54, 1.807) is 11.8 Å². The van der Waals surface area contributed by atoms with Crippen LogP contribution in [0.15, 0.2) is 41.8 Å². The molecule has 3 aromatic heterocycles. The van der Waals surface area contributed by atoms with Crippen LogP contribution >= 0.6 is 23.1 Å². The minimum absolute atomic E-state index is 0.890. The number of hydrogen-bond donors (Lipinski definition) is 0. The number of thioether (sulfide) groups is 1. The van der Waals surface area contributed by atoms with Crippen molar-refractivity contribution in [2.24, 2.45) is 0 Å². The first-order chi connectivity index (χ1) is 11.9. The van der Waals surface area contributed by atoms with Gasteiger partial charge in [-0.05, 0) is 36.8 Å². The largest absolute Gasteiger partial charge is 0.260 e. The maximum atomic E-state index is 4.69. The van der Waals surface area contributed by atoms with Crippen LogP contribution in [0.4, 0.5) is 0 Å². The molecule has 0 saturated heterocycles. The number of benzene rings is 1. The molecular weight excluding hydrogens is 336 g/mol. The van der Waals surface area contributed by atoms with Crippen LogP contribution in [0.1, 0.15) is 28.8 Å². The molecule has 4 nitrogen and oxygen atoms in total. The molecular formula is C18H16N4S2. The second-order valence-electron chi connectivity index (χ2n) is 6.09. The molecule has 0 spiro atoms. The lowest BCUT2D eigenvalue weighted by atomic mass is 9.97. The molecule has 0 atom stereocenters. The lowest BCUT2D eigenvalue weighted by molar-refractivity contribution is 0.700. The summed E-state index contributed by atoms with van der Waals surface area (Å²) in [6.45, 7) is 0. The Labute approximate surface area is 147 Å². The van der Waals surface area contributed by atoms with Gasteiger partial charge in [0.1, 0.15) is 11.2 Å². The minimum Gasteiger partial charge on any atom is -0.260 e. The van der Waals surface area contributed by atoms with Crippen molar-refractivity contribution in [1.82, 2.24) is 19.6 Å². The van der Waals surface area contributed by atoms with Gasteiger partial charge < -0.3 is 0 Å². The minimum atomic E-state index is 0.890. The molecule has 1 aliphatic carbocycles. The average Bonchev–Trinajstić information content (AvgIpc) is 3.21. The molecule has 4 aromatic rings. The zero-order valence-electron chi connectivity index (χ0n) is 13.1. The molecule has 3 heterocycles. The van der Waals surface area contributed by atoms with E-state index in [4.69, 9.17) is 4.98 Å². The third kappa shape index (κ3) is 2.32. The van der Waals surface area contributed by atoms with Gasteiger partial charge in [0.05, 0.1) is 5.39 Å². The third-order valence-corrected chi connectivity index (χ3v) is 6.76. The van der Waals surface area contributed by atoms with Crippen molar-refractivity contribution in [3.05, 3.63) is 52.7 Å². The van der Waals surface area contributed by atoms with Crippen molar-refractivity contribution in [2.45, 2.75) is 36.6 Å². The van der Waals surface area contributed by atoms with E-state index in [2.05, 4.69) is 38.9 Å². The first kappa shape index (κ1) is 14.4. The number of aryl methyl sites for hydroxylation is 2. The molecule has 0 radical (unpaired) electrons. The Bertz CT molecular complexity index is 1020. The molecule has 0 bridgehead atoms. The fraction of sp³-hybridized carbons (Fsp3) is 0.278. The van der Waals surface area contributed by atoms with Crippen LogP contribution in [0, 0.1) is 0 Å². The van der Waals surface area contributed by atoms with Gasteiger partial charge in [-0.2, -0.15) is 0 Å². The number of hydrogen-bond acceptors (Lipinski definition) is 5. The van der Waals surface area contributed by atoms with E-state index in [9.17, 15) is 0 Å². The zero-order valence-corrected chi connectivity index (χ0v) is 14.7. The highest BCUT2D eigenvalue weighted by molar-refractivity contribution is 7.98. The molecule has 0 amide bonds. The first-order valence-electron chi connectivity index (χ1n) is 8.21. The van der Waals surface area contributed by atoms with Gasteiger partial charge >= 0.3 is 0 Å². The van der Waals surface area contributed by atoms with Crippen molar-refractivity contribution in [1.29, 1.82) is 0 Å². The van der Waals surface area contributed by atoms with E-state index in [1.165, 1.54) is 40.7 Å². The van der Waals surface area contributed by atoms with Gasteiger partial charge in [-0.25, -0.2) is 4.98 Å². The SMILES string of the molecule is c1ccc(CSc2nnc3c4c5c(sc4ncn23)CCCC5)cc1. The smallest absolute Gasteiger partial charge is 0.197 e. The Morgan fingerprint density at radius 1 is 1.08 bits per heavy atom. The summed E-state index contributed by atoms with van der Waals surface area (Å²) in [5, 5.41) is 11.1. The summed E-state index contributed by atoms with van der Waals surface area (Å²) in [5.74, 6) is 0.890. The lowest BCUT2D eigenvalue weighted by Crippen LogP contribution is -1.99. The molecule has 0 fully saturated rings. The fourth-order valence-corrected chi connectivity index (χ4v) is 5.44. The summed E-state index contributed by atoms with van der Waals surface area (Å²) in [4.78, 5) is 7.30. The van der Waals surface area contributed by atoms with Crippen LogP contribution in [0.3, 0.4) is 0 Å². The first-order valence-corrected chi connectivity index (χ1v) is 10.0. The summed E-state index contributed by atoms with van der Waals surface area (Å²) in [6, 6.07) is 10.5. The molecule has 0 aliphatic heterocycles. The van der Waals surface area contributed by atoms with Crippen LogP contribution in [0.2, 0.25) is 0 Å². The number of thiophene rings is 1. The van der Waals surface area contributed by atoms with Crippen molar-refractivity contribution in [3.63, 3.8) is 0 Å². The van der Waals surface area contributed by atoms with E-state index in [0.717, 1.165) is 27.8 Å². The summed E-state index contributed by atoms with van der Waals surface area (Å²) >= 11 is 3.55. The van der Waals surface area contributed by atoms with Crippen LogP contribution < -0.4 is 0 Å². The Morgan fingerprint density at radius 3 is 2.88 bits per heavy atom. The normalized spacial score (nSPS) is 14.3. The molecule has 120 valence electrons. The van der Waals surface area contributed by atoms with Gasteiger partial charge in [-0.15, -0.1) is 21.5 Å². The maximum Gasteiger partial charge on any atom is 0.197 e. The van der Waals surface area contributed by atoms with Crippen molar-refractivity contribution in [3.8, 4) is 0 Å². The molecule has 0 N–H and O–H groups in total. The van der Waals surface area contributed by atoms with Gasteiger partial charge in [-0.1, -0.05) is 42.1 Å². The standard InChI is InChI=1S/C18H16N4S2/c1-2-6-12(7-3-1)10-23-18-21-20-16-15-13-8-4-5-9-14(13)24-17(15)19-11-22(16)18/h1-3,6-7,11H,4-5,8-10H2. The Hall–Kier alpha value is -1.92. The summed E-state index contributed by atoms with van der Waals surface area (Å²) in [7, 11) is 0. The lowest BCUT2D eigenvalue weighted by Gasteiger charge is -2.10. The van der Waals surface area contributed by atoms with Gasteiger partial charge in [0.2, 0.25) is 0 Å². The van der Waals surface area contributed by atoms with Gasteiger partial charge in [0.15, 0.2) is 10.8 Å². The number of rotatable bonds is 3. The Kier molecular flexibility index (Phi) is 3.52.